The Morgan fingerprint density at radius 1 is 0.500 bits per heavy atom. The Balaban J connectivity index is 4.46. The van der Waals surface area contributed by atoms with Crippen molar-refractivity contribution in [3.05, 3.63) is 0 Å². The van der Waals surface area contributed by atoms with Crippen LogP contribution in [0.4, 0.5) is 4.79 Å². The third-order valence-electron chi connectivity index (χ3n) is 10.4. The van der Waals surface area contributed by atoms with Crippen LogP contribution in [0, 0.1) is 0 Å². The molecule has 0 aliphatic carbocycles. The van der Waals surface area contributed by atoms with Crippen molar-refractivity contribution in [3.63, 3.8) is 0 Å². The summed E-state index contributed by atoms with van der Waals surface area (Å²) >= 11 is 0. The maximum atomic E-state index is 12.7. The zero-order chi connectivity index (χ0) is 44.0. The van der Waals surface area contributed by atoms with Gasteiger partial charge in [0.2, 0.25) is 0 Å². The van der Waals surface area contributed by atoms with Crippen LogP contribution in [0.2, 0.25) is 0 Å². The van der Waals surface area contributed by atoms with E-state index in [1.807, 2.05) is 0 Å². The zero-order valence-electron chi connectivity index (χ0n) is 38.3. The number of hydrogen-bond donors (Lipinski definition) is 3. The van der Waals surface area contributed by atoms with E-state index in [2.05, 4.69) is 19.2 Å². The summed E-state index contributed by atoms with van der Waals surface area (Å²) in [6.07, 6.45) is 35.3. The van der Waals surface area contributed by atoms with Gasteiger partial charge in [-0.1, -0.05) is 194 Å². The van der Waals surface area contributed by atoms with Crippen LogP contribution in [0.5, 0.6) is 0 Å². The highest BCUT2D eigenvalue weighted by Gasteiger charge is 2.26. The summed E-state index contributed by atoms with van der Waals surface area (Å²) in [5.41, 5.74) is 0. The number of aliphatic hydroxyl groups is 1. The van der Waals surface area contributed by atoms with E-state index in [4.69, 9.17) is 33.1 Å². The van der Waals surface area contributed by atoms with Crippen LogP contribution in [0.25, 0.3) is 0 Å². The van der Waals surface area contributed by atoms with Crippen LogP contribution in [0.3, 0.4) is 0 Å². The number of unbranched alkanes of at least 4 members (excludes halogenated alkanes) is 28. The average Bonchev–Trinajstić information content (AvgIpc) is 3.23. The van der Waals surface area contributed by atoms with Crippen molar-refractivity contribution in [1.82, 2.24) is 5.32 Å². The predicted octanol–water partition coefficient (Wildman–Crippen LogP) is 11.8. The molecule has 0 aromatic heterocycles. The number of carbonyl (C=O) groups excluding carboxylic acids is 3. The van der Waals surface area contributed by atoms with Crippen molar-refractivity contribution in [2.45, 2.75) is 225 Å². The number of aliphatic hydroxyl groups excluding tert-OH is 1. The van der Waals surface area contributed by atoms with Gasteiger partial charge in [-0.15, -0.1) is 0 Å². The fourth-order valence-corrected chi connectivity index (χ4v) is 7.59. The van der Waals surface area contributed by atoms with Crippen molar-refractivity contribution in [2.24, 2.45) is 0 Å². The summed E-state index contributed by atoms with van der Waals surface area (Å²) in [6, 6.07) is 0. The third-order valence-corrected chi connectivity index (χ3v) is 11.4. The van der Waals surface area contributed by atoms with Gasteiger partial charge in [0.25, 0.3) is 0 Å². The Morgan fingerprint density at radius 2 is 0.917 bits per heavy atom. The first kappa shape index (κ1) is 58.2. The third kappa shape index (κ3) is 44.3. The molecule has 0 rings (SSSR count). The van der Waals surface area contributed by atoms with Gasteiger partial charge in [0.15, 0.2) is 6.10 Å². The van der Waals surface area contributed by atoms with E-state index in [9.17, 15) is 23.8 Å². The lowest BCUT2D eigenvalue weighted by molar-refractivity contribution is -0.161. The molecule has 60 heavy (non-hydrogen) atoms. The second kappa shape index (κ2) is 45.3. The van der Waals surface area contributed by atoms with Gasteiger partial charge in [0, 0.05) is 19.4 Å². The monoisotopic (exact) mass is 880 g/mol. The first-order valence-electron chi connectivity index (χ1n) is 24.3. The maximum absolute atomic E-state index is 12.7. The van der Waals surface area contributed by atoms with Crippen LogP contribution < -0.4 is 5.32 Å². The number of amides is 1. The van der Waals surface area contributed by atoms with E-state index in [-0.39, 0.29) is 59.0 Å². The molecule has 0 spiro atoms. The molecule has 0 bridgehead atoms. The molecule has 356 valence electrons. The Bertz CT molecular complexity index is 1020. The highest BCUT2D eigenvalue weighted by molar-refractivity contribution is 7.47. The minimum absolute atomic E-state index is 0.0299. The summed E-state index contributed by atoms with van der Waals surface area (Å²) in [7, 11) is -4.60. The zero-order valence-corrected chi connectivity index (χ0v) is 39.2. The topological polar surface area (TPSA) is 176 Å². The molecule has 0 aromatic carbocycles. The number of carbonyl (C=O) groups is 3. The molecule has 0 fully saturated rings. The second-order valence-corrected chi connectivity index (χ2v) is 17.6. The van der Waals surface area contributed by atoms with Crippen LogP contribution in [0.15, 0.2) is 0 Å². The minimum atomic E-state index is -4.60. The molecular formula is C46H90NO12P. The molecule has 0 radical (unpaired) electrons. The van der Waals surface area contributed by atoms with E-state index in [0.717, 1.165) is 38.5 Å². The van der Waals surface area contributed by atoms with Gasteiger partial charge < -0.3 is 34.3 Å². The summed E-state index contributed by atoms with van der Waals surface area (Å²) in [5, 5.41) is 11.1. The second-order valence-electron chi connectivity index (χ2n) is 16.2. The lowest BCUT2D eigenvalue weighted by Gasteiger charge is -2.20. The molecule has 0 aliphatic rings. The Kier molecular flexibility index (Phi) is 43.9. The highest BCUT2D eigenvalue weighted by Crippen LogP contribution is 2.43. The molecule has 0 saturated heterocycles. The van der Waals surface area contributed by atoms with Gasteiger partial charge >= 0.3 is 25.9 Å². The molecule has 1 amide bonds. The largest absolute Gasteiger partial charge is 0.472 e. The standard InChI is InChI=1S/C46H90NO12P/c1-3-5-7-9-11-13-15-17-19-21-23-25-27-29-31-33-44(49)56-41-43(42-58-60(52,53)57-37-35-47-46(51)55-40-39-54-38-36-48)59-45(50)34-32-30-28-26-24-22-20-18-16-14-12-10-8-6-4-2/h43,48H,3-42H2,1-2H3,(H,47,51)(H,52,53). The summed E-state index contributed by atoms with van der Waals surface area (Å²) in [6.45, 7) is 3.25. The van der Waals surface area contributed by atoms with Gasteiger partial charge in [-0.2, -0.15) is 0 Å². The summed E-state index contributed by atoms with van der Waals surface area (Å²) in [4.78, 5) is 47.2. The fourth-order valence-electron chi connectivity index (χ4n) is 6.84. The Morgan fingerprint density at radius 3 is 1.35 bits per heavy atom. The number of phosphoric ester groups is 1. The van der Waals surface area contributed by atoms with E-state index in [1.165, 1.54) is 141 Å². The van der Waals surface area contributed by atoms with Crippen LogP contribution >= 0.6 is 7.82 Å². The highest BCUT2D eigenvalue weighted by atomic mass is 31.2. The SMILES string of the molecule is CCCCCCCCCCCCCCCCCC(=O)OCC(COP(=O)(O)OCCNC(=O)OCCOCCO)OC(=O)CCCCCCCCCCCCCCCCC. The predicted molar refractivity (Wildman–Crippen MR) is 239 cm³/mol. The van der Waals surface area contributed by atoms with Gasteiger partial charge in [-0.05, 0) is 12.8 Å². The summed E-state index contributed by atoms with van der Waals surface area (Å²) < 4.78 is 43.4. The number of alkyl carbamates (subject to hydrolysis) is 1. The quantitative estimate of drug-likeness (QED) is 0.0229. The molecular weight excluding hydrogens is 789 g/mol. The van der Waals surface area contributed by atoms with Crippen LogP contribution in [-0.4, -0.2) is 86.9 Å². The van der Waals surface area contributed by atoms with E-state index >= 15 is 0 Å². The number of phosphoric acid groups is 1. The van der Waals surface area contributed by atoms with Gasteiger partial charge in [0.05, 0.1) is 33.0 Å². The molecule has 0 aliphatic heterocycles. The molecule has 0 heterocycles. The Hall–Kier alpha value is -1.76. The first-order valence-corrected chi connectivity index (χ1v) is 25.8. The van der Waals surface area contributed by atoms with E-state index in [0.29, 0.717) is 12.8 Å². The van der Waals surface area contributed by atoms with Gasteiger partial charge in [-0.3, -0.25) is 18.6 Å². The molecule has 0 aromatic rings. The van der Waals surface area contributed by atoms with E-state index < -0.39 is 38.6 Å². The number of rotatable bonds is 47. The van der Waals surface area contributed by atoms with E-state index in [1.54, 1.807) is 0 Å². The van der Waals surface area contributed by atoms with Gasteiger partial charge in [0.1, 0.15) is 13.2 Å². The van der Waals surface area contributed by atoms with Crippen molar-refractivity contribution >= 4 is 25.9 Å². The number of hydrogen-bond acceptors (Lipinski definition) is 11. The van der Waals surface area contributed by atoms with Crippen molar-refractivity contribution in [2.75, 3.05) is 52.8 Å². The number of nitrogens with one attached hydrogen (secondary N) is 1. The molecule has 3 N–H and O–H groups in total. The van der Waals surface area contributed by atoms with Crippen LogP contribution in [-0.2, 0) is 42.1 Å². The average molecular weight is 880 g/mol. The Labute approximate surface area is 365 Å². The van der Waals surface area contributed by atoms with Crippen molar-refractivity contribution in [1.29, 1.82) is 0 Å². The lowest BCUT2D eigenvalue weighted by Crippen LogP contribution is -2.30. The molecule has 2 atom stereocenters. The van der Waals surface area contributed by atoms with Crippen molar-refractivity contribution in [3.8, 4) is 0 Å². The molecule has 13 nitrogen and oxygen atoms in total. The summed E-state index contributed by atoms with van der Waals surface area (Å²) in [5.74, 6) is -0.913. The number of ether oxygens (including phenoxy) is 4. The molecule has 0 saturated carbocycles. The van der Waals surface area contributed by atoms with Crippen LogP contribution in [0.1, 0.15) is 219 Å². The minimum Gasteiger partial charge on any atom is -0.462 e. The molecule has 14 heteroatoms. The number of esters is 2. The smallest absolute Gasteiger partial charge is 0.462 e. The molecule has 2 unspecified atom stereocenters. The normalized spacial score (nSPS) is 12.9. The first-order chi connectivity index (χ1) is 29.2. The van der Waals surface area contributed by atoms with Crippen molar-refractivity contribution < 1.29 is 56.9 Å². The van der Waals surface area contributed by atoms with Gasteiger partial charge in [-0.25, -0.2) is 9.36 Å². The lowest BCUT2D eigenvalue weighted by atomic mass is 10.0. The maximum Gasteiger partial charge on any atom is 0.472 e. The fraction of sp³-hybridized carbons (Fsp3) is 0.935.